The predicted molar refractivity (Wildman–Crippen MR) is 78.6 cm³/mol. The first-order chi connectivity index (χ1) is 9.99. The summed E-state index contributed by atoms with van der Waals surface area (Å²) in [5.74, 6) is 1.16. The predicted octanol–water partition coefficient (Wildman–Crippen LogP) is 3.52. The van der Waals surface area contributed by atoms with Crippen molar-refractivity contribution in [2.24, 2.45) is 0 Å². The van der Waals surface area contributed by atoms with E-state index in [0.717, 1.165) is 6.08 Å². The highest BCUT2D eigenvalue weighted by Gasteiger charge is 2.20. The Balaban J connectivity index is 2.28. The van der Waals surface area contributed by atoms with Gasteiger partial charge in [0.15, 0.2) is 0 Å². The van der Waals surface area contributed by atoms with Crippen LogP contribution in [0.25, 0.3) is 6.08 Å². The second kappa shape index (κ2) is 6.38. The molecule has 2 rings (SSSR count). The third-order valence-corrected chi connectivity index (χ3v) is 3.43. The van der Waals surface area contributed by atoms with Gasteiger partial charge in [-0.1, -0.05) is 30.3 Å². The molecule has 6 heteroatoms. The molecule has 0 saturated heterocycles. The number of rotatable bonds is 4. The molecule has 0 aliphatic heterocycles. The molecule has 0 fully saturated rings. The fourth-order valence-electron chi connectivity index (χ4n) is 1.63. The zero-order valence-electron chi connectivity index (χ0n) is 10.9. The minimum absolute atomic E-state index is 0.475. The third kappa shape index (κ3) is 4.30. The zero-order valence-corrected chi connectivity index (χ0v) is 11.8. The van der Waals surface area contributed by atoms with Gasteiger partial charge in [-0.15, -0.1) is 0 Å². The molecule has 2 aromatic carbocycles. The second-order valence-electron chi connectivity index (χ2n) is 4.17. The number of nitriles is 1. The van der Waals surface area contributed by atoms with E-state index in [2.05, 4.69) is 0 Å². The van der Waals surface area contributed by atoms with E-state index in [4.69, 9.17) is 19.8 Å². The van der Waals surface area contributed by atoms with E-state index >= 15 is 0 Å². The first kappa shape index (κ1) is 15.0. The molecular formula is C15H12NO4P. The summed E-state index contributed by atoms with van der Waals surface area (Å²) in [6.07, 6.45) is 1.15. The van der Waals surface area contributed by atoms with E-state index in [9.17, 15) is 4.57 Å². The molecule has 0 amide bonds. The monoisotopic (exact) mass is 301 g/mol. The van der Waals surface area contributed by atoms with Gasteiger partial charge in [0.2, 0.25) is 0 Å². The van der Waals surface area contributed by atoms with Crippen LogP contribution in [0.3, 0.4) is 0 Å². The van der Waals surface area contributed by atoms with E-state index < -0.39 is 12.9 Å². The Morgan fingerprint density at radius 2 is 1.76 bits per heavy atom. The van der Waals surface area contributed by atoms with Crippen molar-refractivity contribution in [1.82, 2.24) is 0 Å². The lowest BCUT2D eigenvalue weighted by Crippen LogP contribution is -1.86. The quantitative estimate of drug-likeness (QED) is 0.666. The minimum atomic E-state index is -4.56. The molecule has 0 atom stereocenters. The summed E-state index contributed by atoms with van der Waals surface area (Å²) in [7, 11) is -4.56. The van der Waals surface area contributed by atoms with Crippen molar-refractivity contribution in [3.8, 4) is 17.6 Å². The number of benzene rings is 2. The summed E-state index contributed by atoms with van der Waals surface area (Å²) in [4.78, 5) is 18.1. The summed E-state index contributed by atoms with van der Waals surface area (Å²) < 4.78 is 16.7. The van der Waals surface area contributed by atoms with Gasteiger partial charge in [-0.05, 0) is 35.9 Å². The van der Waals surface area contributed by atoms with Crippen LogP contribution in [0.1, 0.15) is 5.56 Å². The highest BCUT2D eigenvalue weighted by molar-refractivity contribution is 7.57. The molecule has 0 aliphatic rings. The molecule has 0 saturated carbocycles. The third-order valence-electron chi connectivity index (χ3n) is 2.57. The molecule has 5 nitrogen and oxygen atoms in total. The lowest BCUT2D eigenvalue weighted by Gasteiger charge is -2.06. The van der Waals surface area contributed by atoms with Gasteiger partial charge in [0.1, 0.15) is 22.9 Å². The maximum absolute atomic E-state index is 11.1. The molecule has 0 aliphatic carbocycles. The van der Waals surface area contributed by atoms with Crippen LogP contribution >= 0.6 is 7.60 Å². The maximum Gasteiger partial charge on any atom is 0.366 e. The molecule has 0 heterocycles. The average molecular weight is 301 g/mol. The molecule has 106 valence electrons. The molecule has 0 unspecified atom stereocenters. The Labute approximate surface area is 121 Å². The van der Waals surface area contributed by atoms with Crippen LogP contribution in [-0.2, 0) is 4.57 Å². The number of allylic oxidation sites excluding steroid dienone is 1. The number of hydrogen-bond acceptors (Lipinski definition) is 3. The van der Waals surface area contributed by atoms with Crippen molar-refractivity contribution in [3.63, 3.8) is 0 Å². The van der Waals surface area contributed by atoms with Crippen molar-refractivity contribution >= 4 is 13.7 Å². The van der Waals surface area contributed by atoms with Crippen LogP contribution in [0, 0.1) is 11.3 Å². The number of ether oxygens (including phenoxy) is 1. The molecular weight excluding hydrogens is 289 g/mol. The Kier molecular flexibility index (Phi) is 4.56. The van der Waals surface area contributed by atoms with Gasteiger partial charge >= 0.3 is 7.60 Å². The summed E-state index contributed by atoms with van der Waals surface area (Å²) in [6, 6.07) is 17.3. The van der Waals surface area contributed by atoms with Gasteiger partial charge in [0, 0.05) is 0 Å². The zero-order chi connectivity index (χ0) is 15.3. The standard InChI is InChI=1S/C15H12NO4P/c16-11-15(21(17,18)19)10-12-5-4-8-14(9-12)20-13-6-2-1-3-7-13/h1-10H,(H2,17,18,19)/b15-10-. The molecule has 2 N–H and O–H groups in total. The Morgan fingerprint density at radius 1 is 1.10 bits per heavy atom. The van der Waals surface area contributed by atoms with Crippen LogP contribution in [0.2, 0.25) is 0 Å². The molecule has 21 heavy (non-hydrogen) atoms. The Hall–Kier alpha value is -2.38. The van der Waals surface area contributed by atoms with Crippen molar-refractivity contribution in [3.05, 3.63) is 65.5 Å². The van der Waals surface area contributed by atoms with Gasteiger partial charge in [0.25, 0.3) is 0 Å². The van der Waals surface area contributed by atoms with Crippen LogP contribution in [0.4, 0.5) is 0 Å². The van der Waals surface area contributed by atoms with Gasteiger partial charge < -0.3 is 14.5 Å². The van der Waals surface area contributed by atoms with Crippen molar-refractivity contribution in [1.29, 1.82) is 5.26 Å². The summed E-state index contributed by atoms with van der Waals surface area (Å²) >= 11 is 0. The fraction of sp³-hybridized carbons (Fsp3) is 0. The van der Waals surface area contributed by atoms with Gasteiger partial charge in [-0.2, -0.15) is 5.26 Å². The van der Waals surface area contributed by atoms with Crippen LogP contribution in [0.15, 0.2) is 59.9 Å². The van der Waals surface area contributed by atoms with E-state index in [-0.39, 0.29) is 0 Å². The van der Waals surface area contributed by atoms with Gasteiger partial charge in [-0.25, -0.2) is 0 Å². The van der Waals surface area contributed by atoms with Crippen LogP contribution in [0.5, 0.6) is 11.5 Å². The van der Waals surface area contributed by atoms with Crippen molar-refractivity contribution in [2.75, 3.05) is 0 Å². The molecule has 0 bridgehead atoms. The van der Waals surface area contributed by atoms with Crippen LogP contribution in [-0.4, -0.2) is 9.79 Å². The summed E-state index contributed by atoms with van der Waals surface area (Å²) in [5, 5.41) is 8.20. The van der Waals surface area contributed by atoms with Crippen LogP contribution < -0.4 is 4.74 Å². The van der Waals surface area contributed by atoms with Crippen molar-refractivity contribution in [2.45, 2.75) is 0 Å². The smallest absolute Gasteiger partial charge is 0.366 e. The highest BCUT2D eigenvalue weighted by Crippen LogP contribution is 2.45. The second-order valence-corrected chi connectivity index (χ2v) is 5.74. The lowest BCUT2D eigenvalue weighted by molar-refractivity contribution is 0.384. The largest absolute Gasteiger partial charge is 0.457 e. The SMILES string of the molecule is N#C/C(=C/c1cccc(Oc2ccccc2)c1)P(=O)(O)O. The molecule has 0 radical (unpaired) electrons. The first-order valence-corrected chi connectivity index (χ1v) is 7.61. The fourth-order valence-corrected chi connectivity index (χ4v) is 2.08. The number of nitrogens with zero attached hydrogens (tertiary/aromatic N) is 1. The van der Waals surface area contributed by atoms with E-state index in [0.29, 0.717) is 17.1 Å². The van der Waals surface area contributed by atoms with Crippen molar-refractivity contribution < 1.29 is 19.1 Å². The van der Waals surface area contributed by atoms with Gasteiger partial charge in [0.05, 0.1) is 0 Å². The number of para-hydroxylation sites is 1. The summed E-state index contributed by atoms with van der Waals surface area (Å²) in [6.45, 7) is 0. The summed E-state index contributed by atoms with van der Waals surface area (Å²) in [5.41, 5.74) is 0.475. The Morgan fingerprint density at radius 3 is 2.38 bits per heavy atom. The Bertz CT molecular complexity index is 744. The lowest BCUT2D eigenvalue weighted by atomic mass is 10.2. The maximum atomic E-state index is 11.1. The van der Waals surface area contributed by atoms with E-state index in [1.807, 2.05) is 18.2 Å². The molecule has 0 spiro atoms. The number of hydrogen-bond donors (Lipinski definition) is 2. The molecule has 0 aromatic heterocycles. The van der Waals surface area contributed by atoms with Gasteiger partial charge in [-0.3, -0.25) is 4.57 Å². The van der Waals surface area contributed by atoms with E-state index in [1.165, 1.54) is 6.07 Å². The first-order valence-electron chi connectivity index (χ1n) is 6.00. The van der Waals surface area contributed by atoms with E-state index in [1.54, 1.807) is 36.4 Å². The normalized spacial score (nSPS) is 11.8. The topological polar surface area (TPSA) is 90.5 Å². The molecule has 2 aromatic rings. The highest BCUT2D eigenvalue weighted by atomic mass is 31.2. The minimum Gasteiger partial charge on any atom is -0.457 e. The average Bonchev–Trinajstić information content (AvgIpc) is 2.45.